The predicted molar refractivity (Wildman–Crippen MR) is 102 cm³/mol. The Kier molecular flexibility index (Phi) is 4.50. The molecule has 4 rings (SSSR count). The summed E-state index contributed by atoms with van der Waals surface area (Å²) in [5.74, 6) is -1.26. The molecule has 1 spiro atoms. The van der Waals surface area contributed by atoms with Crippen LogP contribution in [0, 0.1) is 0 Å². The van der Waals surface area contributed by atoms with Gasteiger partial charge in [-0.25, -0.2) is 4.79 Å². The molecule has 1 saturated carbocycles. The molecule has 2 N–H and O–H groups in total. The number of nitrogens with one attached hydrogen (secondary N) is 1. The van der Waals surface area contributed by atoms with E-state index in [0.29, 0.717) is 24.2 Å². The van der Waals surface area contributed by atoms with Crippen molar-refractivity contribution < 1.29 is 24.2 Å². The standard InChI is InChI=1S/C21H20N2O5/c24-15-9-7-14(8-10-15)19(26)28-13-18(25)23-17-6-2-1-5-16(17)22-20(27)21(23)11-3-4-12-21/h1-2,5-10,24H,3-4,11-13H2,(H,22,27). The molecule has 144 valence electrons. The molecule has 0 aromatic heterocycles. The summed E-state index contributed by atoms with van der Waals surface area (Å²) < 4.78 is 5.19. The minimum Gasteiger partial charge on any atom is -0.508 e. The summed E-state index contributed by atoms with van der Waals surface area (Å²) >= 11 is 0. The third-order valence-corrected chi connectivity index (χ3v) is 5.35. The zero-order valence-corrected chi connectivity index (χ0v) is 15.2. The lowest BCUT2D eigenvalue weighted by Gasteiger charge is -2.44. The number of hydrogen-bond donors (Lipinski definition) is 2. The highest BCUT2D eigenvalue weighted by molar-refractivity contribution is 6.15. The predicted octanol–water partition coefficient (Wildman–Crippen LogP) is 2.85. The molecule has 1 fully saturated rings. The molecule has 2 amide bonds. The van der Waals surface area contributed by atoms with E-state index in [1.165, 1.54) is 29.2 Å². The van der Waals surface area contributed by atoms with E-state index in [0.717, 1.165) is 12.8 Å². The zero-order valence-electron chi connectivity index (χ0n) is 15.2. The maximum atomic E-state index is 13.1. The summed E-state index contributed by atoms with van der Waals surface area (Å²) in [5, 5.41) is 12.2. The van der Waals surface area contributed by atoms with Crippen LogP contribution in [0.1, 0.15) is 36.0 Å². The van der Waals surface area contributed by atoms with E-state index < -0.39 is 24.0 Å². The van der Waals surface area contributed by atoms with Crippen molar-refractivity contribution in [3.63, 3.8) is 0 Å². The maximum Gasteiger partial charge on any atom is 0.338 e. The molecule has 0 atom stereocenters. The smallest absolute Gasteiger partial charge is 0.338 e. The van der Waals surface area contributed by atoms with Crippen molar-refractivity contribution in [3.05, 3.63) is 54.1 Å². The molecule has 2 aliphatic rings. The lowest BCUT2D eigenvalue weighted by Crippen LogP contribution is -2.61. The van der Waals surface area contributed by atoms with Crippen molar-refractivity contribution in [3.8, 4) is 5.75 Å². The number of amides is 2. The Hall–Kier alpha value is -3.35. The first-order valence-corrected chi connectivity index (χ1v) is 9.21. The van der Waals surface area contributed by atoms with Gasteiger partial charge in [-0.05, 0) is 49.2 Å². The van der Waals surface area contributed by atoms with E-state index in [-0.39, 0.29) is 17.2 Å². The number of ether oxygens (including phenoxy) is 1. The van der Waals surface area contributed by atoms with Crippen LogP contribution >= 0.6 is 0 Å². The zero-order chi connectivity index (χ0) is 19.7. The van der Waals surface area contributed by atoms with Gasteiger partial charge in [0, 0.05) is 0 Å². The van der Waals surface area contributed by atoms with E-state index in [1.54, 1.807) is 18.2 Å². The Balaban J connectivity index is 1.58. The Morgan fingerprint density at radius 3 is 2.46 bits per heavy atom. The monoisotopic (exact) mass is 380 g/mol. The molecule has 0 bridgehead atoms. The van der Waals surface area contributed by atoms with Gasteiger partial charge in [0.1, 0.15) is 11.3 Å². The average molecular weight is 380 g/mol. The van der Waals surface area contributed by atoms with E-state index in [1.807, 2.05) is 6.07 Å². The first kappa shape index (κ1) is 18.0. The number of phenols is 1. The van der Waals surface area contributed by atoms with E-state index >= 15 is 0 Å². The van der Waals surface area contributed by atoms with E-state index in [4.69, 9.17) is 4.74 Å². The Morgan fingerprint density at radius 2 is 1.75 bits per heavy atom. The second-order valence-electron chi connectivity index (χ2n) is 7.06. The van der Waals surface area contributed by atoms with Crippen LogP contribution in [0.3, 0.4) is 0 Å². The number of hydrogen-bond acceptors (Lipinski definition) is 5. The van der Waals surface area contributed by atoms with Gasteiger partial charge in [0.15, 0.2) is 6.61 Å². The molecule has 2 aromatic rings. The third-order valence-electron chi connectivity index (χ3n) is 5.35. The van der Waals surface area contributed by atoms with Gasteiger partial charge in [0.2, 0.25) is 0 Å². The number of fused-ring (bicyclic) bond motifs is 1. The van der Waals surface area contributed by atoms with Crippen LogP contribution in [0.4, 0.5) is 11.4 Å². The summed E-state index contributed by atoms with van der Waals surface area (Å²) in [6.07, 6.45) is 2.86. The molecule has 28 heavy (non-hydrogen) atoms. The summed E-state index contributed by atoms with van der Waals surface area (Å²) in [5.41, 5.74) is 0.493. The number of aromatic hydroxyl groups is 1. The summed E-state index contributed by atoms with van der Waals surface area (Å²) in [7, 11) is 0. The van der Waals surface area contributed by atoms with Crippen molar-refractivity contribution in [2.75, 3.05) is 16.8 Å². The second-order valence-corrected chi connectivity index (χ2v) is 7.06. The van der Waals surface area contributed by atoms with Crippen molar-refractivity contribution in [1.29, 1.82) is 0 Å². The molecular weight excluding hydrogens is 360 g/mol. The average Bonchev–Trinajstić information content (AvgIpc) is 3.18. The fourth-order valence-electron chi connectivity index (χ4n) is 4.00. The molecule has 1 aliphatic carbocycles. The topological polar surface area (TPSA) is 95.9 Å². The first-order valence-electron chi connectivity index (χ1n) is 9.21. The molecule has 7 nitrogen and oxygen atoms in total. The van der Waals surface area contributed by atoms with Crippen LogP contribution in [0.5, 0.6) is 5.75 Å². The number of benzene rings is 2. The van der Waals surface area contributed by atoms with Crippen molar-refractivity contribution in [2.45, 2.75) is 31.2 Å². The highest BCUT2D eigenvalue weighted by Crippen LogP contribution is 2.45. The van der Waals surface area contributed by atoms with Gasteiger partial charge in [0.05, 0.1) is 16.9 Å². The fraction of sp³-hybridized carbons (Fsp3) is 0.286. The number of carbonyl (C=O) groups excluding carboxylic acids is 3. The molecule has 0 radical (unpaired) electrons. The van der Waals surface area contributed by atoms with E-state index in [9.17, 15) is 19.5 Å². The second kappa shape index (κ2) is 6.99. The highest BCUT2D eigenvalue weighted by Gasteiger charge is 2.52. The maximum absolute atomic E-state index is 13.1. The summed E-state index contributed by atoms with van der Waals surface area (Å²) in [4.78, 5) is 39.7. The van der Waals surface area contributed by atoms with Crippen LogP contribution < -0.4 is 10.2 Å². The lowest BCUT2D eigenvalue weighted by atomic mass is 9.90. The Labute approximate surface area is 161 Å². The first-order chi connectivity index (χ1) is 13.5. The molecule has 0 saturated heterocycles. The minimum absolute atomic E-state index is 0.0340. The number of nitrogens with zero attached hydrogens (tertiary/aromatic N) is 1. The van der Waals surface area contributed by atoms with Crippen LogP contribution in [-0.2, 0) is 14.3 Å². The van der Waals surface area contributed by atoms with Gasteiger partial charge in [-0.3, -0.25) is 14.5 Å². The molecular formula is C21H20N2O5. The third kappa shape index (κ3) is 2.98. The van der Waals surface area contributed by atoms with E-state index in [2.05, 4.69) is 5.32 Å². The number of anilines is 2. The molecule has 1 heterocycles. The van der Waals surface area contributed by atoms with Gasteiger partial charge >= 0.3 is 5.97 Å². The summed E-state index contributed by atoms with van der Waals surface area (Å²) in [6, 6.07) is 12.7. The van der Waals surface area contributed by atoms with Crippen LogP contribution in [-0.4, -0.2) is 35.0 Å². The minimum atomic E-state index is -0.934. The number of carbonyl (C=O) groups is 3. The normalized spacial score (nSPS) is 17.1. The SMILES string of the molecule is O=C(OCC(=O)N1c2ccccc2NC(=O)C12CCCC2)c1ccc(O)cc1. The summed E-state index contributed by atoms with van der Waals surface area (Å²) in [6.45, 7) is -0.469. The Bertz CT molecular complexity index is 932. The largest absolute Gasteiger partial charge is 0.508 e. The van der Waals surface area contributed by atoms with Gasteiger partial charge < -0.3 is 15.2 Å². The number of esters is 1. The van der Waals surface area contributed by atoms with Crippen molar-refractivity contribution in [1.82, 2.24) is 0 Å². The molecule has 7 heteroatoms. The molecule has 1 aliphatic heterocycles. The van der Waals surface area contributed by atoms with Crippen LogP contribution in [0.2, 0.25) is 0 Å². The Morgan fingerprint density at radius 1 is 1.07 bits per heavy atom. The van der Waals surface area contributed by atoms with Crippen LogP contribution in [0.25, 0.3) is 0 Å². The molecule has 2 aromatic carbocycles. The van der Waals surface area contributed by atoms with Gasteiger partial charge in [-0.2, -0.15) is 0 Å². The number of para-hydroxylation sites is 2. The van der Waals surface area contributed by atoms with Gasteiger partial charge in [-0.15, -0.1) is 0 Å². The highest BCUT2D eigenvalue weighted by atomic mass is 16.5. The van der Waals surface area contributed by atoms with Crippen molar-refractivity contribution >= 4 is 29.2 Å². The van der Waals surface area contributed by atoms with Crippen molar-refractivity contribution in [2.24, 2.45) is 0 Å². The fourth-order valence-corrected chi connectivity index (χ4v) is 4.00. The molecule has 0 unspecified atom stereocenters. The van der Waals surface area contributed by atoms with Gasteiger partial charge in [-0.1, -0.05) is 25.0 Å². The quantitative estimate of drug-likeness (QED) is 0.799. The lowest BCUT2D eigenvalue weighted by molar-refractivity contribution is -0.129. The van der Waals surface area contributed by atoms with Crippen LogP contribution in [0.15, 0.2) is 48.5 Å². The number of rotatable bonds is 3. The van der Waals surface area contributed by atoms with Gasteiger partial charge in [0.25, 0.3) is 11.8 Å². The number of phenolic OH excluding ortho intramolecular Hbond substituents is 1.